The number of benzene rings is 2. The summed E-state index contributed by atoms with van der Waals surface area (Å²) in [4.78, 5) is 11.7. The van der Waals surface area contributed by atoms with Crippen molar-refractivity contribution in [2.24, 2.45) is 0 Å². The molecule has 0 heterocycles. The molecule has 0 saturated carbocycles. The summed E-state index contributed by atoms with van der Waals surface area (Å²) < 4.78 is 13.5. The monoisotopic (exact) mass is 301 g/mol. The molecule has 0 unspecified atom stereocenters. The number of rotatable bonds is 3. The van der Waals surface area contributed by atoms with Crippen LogP contribution < -0.4 is 5.32 Å². The molecule has 1 N–H and O–H groups in total. The van der Waals surface area contributed by atoms with E-state index in [0.717, 1.165) is 5.56 Å². The lowest BCUT2D eigenvalue weighted by Crippen LogP contribution is -2.25. The molecule has 0 aliphatic heterocycles. The van der Waals surface area contributed by atoms with Gasteiger partial charge >= 0.3 is 0 Å². The van der Waals surface area contributed by atoms with Gasteiger partial charge in [-0.2, -0.15) is 0 Å². The highest BCUT2D eigenvalue weighted by molar-refractivity contribution is 6.31. The van der Waals surface area contributed by atoms with Crippen molar-refractivity contribution in [3.63, 3.8) is 0 Å². The van der Waals surface area contributed by atoms with Gasteiger partial charge in [0, 0.05) is 16.1 Å². The van der Waals surface area contributed by atoms with E-state index in [1.165, 1.54) is 12.1 Å². The van der Waals surface area contributed by atoms with Gasteiger partial charge in [-0.15, -0.1) is 0 Å². The van der Waals surface area contributed by atoms with Gasteiger partial charge in [0.2, 0.25) is 5.91 Å². The van der Waals surface area contributed by atoms with Crippen molar-refractivity contribution < 1.29 is 9.18 Å². The van der Waals surface area contributed by atoms with Crippen LogP contribution in [0, 0.1) is 17.7 Å². The standard InChI is InChI=1S/C17H13ClFNO/c18-15-9-4-10-16(19)14(15)12-17(21)20-11-5-8-13-6-2-1-3-7-13/h1-4,6-7,9-10H,11-12H2,(H,20,21). The number of carbonyl (C=O) groups excluding carboxylic acids is 1. The maximum atomic E-state index is 13.5. The van der Waals surface area contributed by atoms with Crippen LogP contribution in [-0.4, -0.2) is 12.5 Å². The van der Waals surface area contributed by atoms with Crippen LogP contribution in [0.25, 0.3) is 0 Å². The SMILES string of the molecule is O=C(Cc1c(F)cccc1Cl)NCC#Cc1ccccc1. The molecule has 0 atom stereocenters. The Bertz CT molecular complexity index is 669. The van der Waals surface area contributed by atoms with E-state index < -0.39 is 5.82 Å². The Balaban J connectivity index is 1.87. The molecule has 2 aromatic rings. The summed E-state index contributed by atoms with van der Waals surface area (Å²) >= 11 is 5.87. The molecule has 0 spiro atoms. The summed E-state index contributed by atoms with van der Waals surface area (Å²) in [7, 11) is 0. The van der Waals surface area contributed by atoms with Gasteiger partial charge < -0.3 is 5.32 Å². The number of carbonyl (C=O) groups is 1. The lowest BCUT2D eigenvalue weighted by atomic mass is 10.1. The zero-order valence-corrected chi connectivity index (χ0v) is 12.0. The summed E-state index contributed by atoms with van der Waals surface area (Å²) in [6, 6.07) is 13.8. The Labute approximate surface area is 127 Å². The van der Waals surface area contributed by atoms with E-state index in [1.807, 2.05) is 30.3 Å². The first-order valence-electron chi connectivity index (χ1n) is 6.40. The minimum Gasteiger partial charge on any atom is -0.345 e. The fourth-order valence-corrected chi connectivity index (χ4v) is 1.96. The molecule has 21 heavy (non-hydrogen) atoms. The van der Waals surface area contributed by atoms with Gasteiger partial charge in [0.1, 0.15) is 5.82 Å². The van der Waals surface area contributed by atoms with Crippen molar-refractivity contribution >= 4 is 17.5 Å². The Hall–Kier alpha value is -2.31. The predicted octanol–water partition coefficient (Wildman–Crippen LogP) is 3.19. The minimum atomic E-state index is -0.479. The maximum Gasteiger partial charge on any atom is 0.225 e. The van der Waals surface area contributed by atoms with Crippen LogP contribution in [0.1, 0.15) is 11.1 Å². The second-order valence-corrected chi connectivity index (χ2v) is 4.73. The highest BCUT2D eigenvalue weighted by Crippen LogP contribution is 2.19. The first-order chi connectivity index (χ1) is 10.2. The second kappa shape index (κ2) is 7.47. The predicted molar refractivity (Wildman–Crippen MR) is 81.4 cm³/mol. The largest absolute Gasteiger partial charge is 0.345 e. The Morgan fingerprint density at radius 1 is 1.14 bits per heavy atom. The van der Waals surface area contributed by atoms with Crippen molar-refractivity contribution in [3.8, 4) is 11.8 Å². The van der Waals surface area contributed by atoms with E-state index in [-0.39, 0.29) is 29.5 Å². The zero-order chi connectivity index (χ0) is 15.1. The maximum absolute atomic E-state index is 13.5. The fraction of sp³-hybridized carbons (Fsp3) is 0.118. The van der Waals surface area contributed by atoms with Crippen molar-refractivity contribution in [2.75, 3.05) is 6.54 Å². The average molecular weight is 302 g/mol. The van der Waals surface area contributed by atoms with Crippen LogP contribution >= 0.6 is 11.6 Å². The van der Waals surface area contributed by atoms with Crippen LogP contribution in [0.5, 0.6) is 0 Å². The topological polar surface area (TPSA) is 29.1 Å². The van der Waals surface area contributed by atoms with Crippen molar-refractivity contribution in [1.82, 2.24) is 5.32 Å². The van der Waals surface area contributed by atoms with E-state index in [4.69, 9.17) is 11.6 Å². The lowest BCUT2D eigenvalue weighted by molar-refractivity contribution is -0.120. The van der Waals surface area contributed by atoms with Crippen LogP contribution in [0.3, 0.4) is 0 Å². The molecule has 0 saturated heterocycles. The number of hydrogen-bond acceptors (Lipinski definition) is 1. The molecule has 0 fully saturated rings. The Kier molecular flexibility index (Phi) is 5.36. The molecule has 4 heteroatoms. The summed E-state index contributed by atoms with van der Waals surface area (Å²) in [5.41, 5.74) is 1.08. The summed E-state index contributed by atoms with van der Waals surface area (Å²) in [5.74, 6) is 4.97. The molecular formula is C17H13ClFNO. The van der Waals surface area contributed by atoms with Crippen molar-refractivity contribution in [1.29, 1.82) is 0 Å². The van der Waals surface area contributed by atoms with Crippen LogP contribution in [0.15, 0.2) is 48.5 Å². The third-order valence-corrected chi connectivity index (χ3v) is 3.13. The number of nitrogens with one attached hydrogen (secondary N) is 1. The number of halogens is 2. The molecule has 0 aliphatic carbocycles. The van der Waals surface area contributed by atoms with Gasteiger partial charge in [0.05, 0.1) is 13.0 Å². The molecule has 106 valence electrons. The number of amides is 1. The molecule has 0 aromatic heterocycles. The third-order valence-electron chi connectivity index (χ3n) is 2.78. The van der Waals surface area contributed by atoms with Gasteiger partial charge in [-0.1, -0.05) is 47.7 Å². The first-order valence-corrected chi connectivity index (χ1v) is 6.78. The number of hydrogen-bond donors (Lipinski definition) is 1. The first kappa shape index (κ1) is 15.1. The average Bonchev–Trinajstić information content (AvgIpc) is 2.49. The van der Waals surface area contributed by atoms with Crippen LogP contribution in [-0.2, 0) is 11.2 Å². The second-order valence-electron chi connectivity index (χ2n) is 4.32. The van der Waals surface area contributed by atoms with Gasteiger partial charge in [0.15, 0.2) is 0 Å². The highest BCUT2D eigenvalue weighted by atomic mass is 35.5. The summed E-state index contributed by atoms with van der Waals surface area (Å²) in [6.07, 6.45) is -0.0987. The zero-order valence-electron chi connectivity index (χ0n) is 11.2. The molecule has 2 rings (SSSR count). The highest BCUT2D eigenvalue weighted by Gasteiger charge is 2.10. The quantitative estimate of drug-likeness (QED) is 0.867. The smallest absolute Gasteiger partial charge is 0.225 e. The fourth-order valence-electron chi connectivity index (χ4n) is 1.73. The van der Waals surface area contributed by atoms with E-state index in [9.17, 15) is 9.18 Å². The molecule has 1 amide bonds. The Morgan fingerprint density at radius 2 is 1.90 bits per heavy atom. The van der Waals surface area contributed by atoms with Crippen molar-refractivity contribution in [3.05, 3.63) is 70.5 Å². The van der Waals surface area contributed by atoms with Crippen LogP contribution in [0.4, 0.5) is 4.39 Å². The summed E-state index contributed by atoms with van der Waals surface area (Å²) in [5, 5.41) is 2.87. The molecule has 0 bridgehead atoms. The van der Waals surface area contributed by atoms with Crippen LogP contribution in [0.2, 0.25) is 5.02 Å². The van der Waals surface area contributed by atoms with E-state index in [2.05, 4.69) is 17.2 Å². The Morgan fingerprint density at radius 3 is 2.62 bits per heavy atom. The van der Waals surface area contributed by atoms with E-state index in [0.29, 0.717) is 0 Å². The molecule has 0 radical (unpaired) electrons. The lowest BCUT2D eigenvalue weighted by Gasteiger charge is -2.05. The minimum absolute atomic E-state index is 0.0987. The van der Waals surface area contributed by atoms with Gasteiger partial charge in [0.25, 0.3) is 0 Å². The molecule has 2 aromatic carbocycles. The molecule has 0 aliphatic rings. The van der Waals surface area contributed by atoms with Gasteiger partial charge in [-0.3, -0.25) is 4.79 Å². The van der Waals surface area contributed by atoms with E-state index >= 15 is 0 Å². The van der Waals surface area contributed by atoms with E-state index in [1.54, 1.807) is 6.07 Å². The molecular weight excluding hydrogens is 289 g/mol. The van der Waals surface area contributed by atoms with Gasteiger partial charge in [-0.05, 0) is 24.3 Å². The van der Waals surface area contributed by atoms with Gasteiger partial charge in [-0.25, -0.2) is 4.39 Å². The van der Waals surface area contributed by atoms with Crippen molar-refractivity contribution in [2.45, 2.75) is 6.42 Å². The summed E-state index contributed by atoms with van der Waals surface area (Å²) in [6.45, 7) is 0.208. The normalized spacial score (nSPS) is 9.62. The third kappa shape index (κ3) is 4.62. The molecule has 2 nitrogen and oxygen atoms in total.